The average molecular weight is 205 g/mol. The topological polar surface area (TPSA) is 29.9 Å². The van der Waals surface area contributed by atoms with Crippen molar-refractivity contribution in [3.8, 4) is 5.00 Å². The predicted molar refractivity (Wildman–Crippen MR) is 56.7 cm³/mol. The van der Waals surface area contributed by atoms with E-state index >= 15 is 0 Å². The maximum absolute atomic E-state index is 4.55. The monoisotopic (exact) mass is 205 g/mol. The van der Waals surface area contributed by atoms with Crippen LogP contribution in [0.1, 0.15) is 24.2 Å². The molecule has 72 valence electrons. The molecule has 2 aromatic rings. The molecule has 0 fully saturated rings. The van der Waals surface area contributed by atoms with Crippen LogP contribution in [0.4, 0.5) is 0 Å². The van der Waals surface area contributed by atoms with E-state index in [2.05, 4.69) is 41.0 Å². The zero-order valence-electron chi connectivity index (χ0n) is 7.90. The standard InChI is InChI=1S/C10H11N3S/c1-7-8-6-13(10-3-2-4-14-10)12-9(8)5-11-7/h2-4,6-7,11H,5H2,1H3. The Labute approximate surface area is 86.4 Å². The van der Waals surface area contributed by atoms with Crippen molar-refractivity contribution >= 4 is 11.3 Å². The molecular weight excluding hydrogens is 194 g/mol. The van der Waals surface area contributed by atoms with Gasteiger partial charge in [0.05, 0.1) is 5.69 Å². The number of hydrogen-bond acceptors (Lipinski definition) is 3. The largest absolute Gasteiger partial charge is 0.304 e. The van der Waals surface area contributed by atoms with Crippen molar-refractivity contribution in [3.05, 3.63) is 35.0 Å². The summed E-state index contributed by atoms with van der Waals surface area (Å²) < 4.78 is 1.98. The number of nitrogens with one attached hydrogen (secondary N) is 1. The lowest BCUT2D eigenvalue weighted by atomic mass is 10.2. The third kappa shape index (κ3) is 1.11. The van der Waals surface area contributed by atoms with E-state index in [1.807, 2.05) is 4.68 Å². The van der Waals surface area contributed by atoms with E-state index in [0.717, 1.165) is 6.54 Å². The van der Waals surface area contributed by atoms with Crippen LogP contribution in [0.25, 0.3) is 5.00 Å². The van der Waals surface area contributed by atoms with Crippen LogP contribution in [0.3, 0.4) is 0 Å². The first kappa shape index (κ1) is 8.20. The van der Waals surface area contributed by atoms with E-state index < -0.39 is 0 Å². The highest BCUT2D eigenvalue weighted by molar-refractivity contribution is 7.12. The second kappa shape index (κ2) is 2.93. The molecule has 3 nitrogen and oxygen atoms in total. The van der Waals surface area contributed by atoms with Crippen LogP contribution in [-0.4, -0.2) is 9.78 Å². The van der Waals surface area contributed by atoms with Crippen molar-refractivity contribution in [1.82, 2.24) is 15.1 Å². The quantitative estimate of drug-likeness (QED) is 0.772. The molecule has 0 spiro atoms. The summed E-state index contributed by atoms with van der Waals surface area (Å²) in [6.45, 7) is 3.07. The Morgan fingerprint density at radius 2 is 2.57 bits per heavy atom. The van der Waals surface area contributed by atoms with Gasteiger partial charge in [-0.15, -0.1) is 11.3 Å². The van der Waals surface area contributed by atoms with Crippen molar-refractivity contribution < 1.29 is 0 Å². The Balaban J connectivity index is 2.07. The lowest BCUT2D eigenvalue weighted by Gasteiger charge is -2.01. The minimum atomic E-state index is 0.443. The Bertz CT molecular complexity index is 444. The molecule has 0 aliphatic carbocycles. The highest BCUT2D eigenvalue weighted by Gasteiger charge is 2.21. The first-order chi connectivity index (χ1) is 6.84. The van der Waals surface area contributed by atoms with Crippen molar-refractivity contribution in [2.45, 2.75) is 19.5 Å². The summed E-state index contributed by atoms with van der Waals surface area (Å²) in [5, 5.41) is 11.2. The van der Waals surface area contributed by atoms with Crippen LogP contribution in [-0.2, 0) is 6.54 Å². The van der Waals surface area contributed by atoms with Gasteiger partial charge in [0.25, 0.3) is 0 Å². The predicted octanol–water partition coefficient (Wildman–Crippen LogP) is 2.10. The molecule has 1 N–H and O–H groups in total. The Morgan fingerprint density at radius 1 is 1.64 bits per heavy atom. The van der Waals surface area contributed by atoms with Crippen LogP contribution in [0.5, 0.6) is 0 Å². The molecule has 3 heterocycles. The maximum atomic E-state index is 4.55. The van der Waals surface area contributed by atoms with Crippen molar-refractivity contribution in [2.75, 3.05) is 0 Å². The van der Waals surface area contributed by atoms with Crippen molar-refractivity contribution in [2.24, 2.45) is 0 Å². The molecule has 0 saturated carbocycles. The zero-order chi connectivity index (χ0) is 9.54. The maximum Gasteiger partial charge on any atom is 0.117 e. The van der Waals surface area contributed by atoms with Crippen LogP contribution in [0.15, 0.2) is 23.7 Å². The van der Waals surface area contributed by atoms with E-state index in [9.17, 15) is 0 Å². The summed E-state index contributed by atoms with van der Waals surface area (Å²) in [5.41, 5.74) is 2.52. The van der Waals surface area contributed by atoms with Gasteiger partial charge in [0, 0.05) is 24.3 Å². The fourth-order valence-electron chi connectivity index (χ4n) is 1.79. The molecule has 0 saturated heterocycles. The molecule has 0 amide bonds. The lowest BCUT2D eigenvalue weighted by molar-refractivity contribution is 0.618. The molecule has 4 heteroatoms. The fourth-order valence-corrected chi connectivity index (χ4v) is 2.45. The first-order valence-corrected chi connectivity index (χ1v) is 5.58. The molecular formula is C10H11N3S. The Kier molecular flexibility index (Phi) is 1.72. The van der Waals surface area contributed by atoms with E-state index in [0.29, 0.717) is 6.04 Å². The van der Waals surface area contributed by atoms with Gasteiger partial charge in [0.2, 0.25) is 0 Å². The molecule has 1 unspecified atom stereocenters. The minimum absolute atomic E-state index is 0.443. The van der Waals surface area contributed by atoms with Gasteiger partial charge in [-0.2, -0.15) is 5.10 Å². The highest BCUT2D eigenvalue weighted by Crippen LogP contribution is 2.25. The van der Waals surface area contributed by atoms with Crippen LogP contribution < -0.4 is 5.32 Å². The molecule has 2 aromatic heterocycles. The molecule has 14 heavy (non-hydrogen) atoms. The molecule has 0 radical (unpaired) electrons. The van der Waals surface area contributed by atoms with E-state index in [-0.39, 0.29) is 0 Å². The van der Waals surface area contributed by atoms with Gasteiger partial charge in [-0.1, -0.05) is 0 Å². The summed E-state index contributed by atoms with van der Waals surface area (Å²) in [6, 6.07) is 4.58. The Morgan fingerprint density at radius 3 is 3.29 bits per heavy atom. The molecule has 1 aliphatic heterocycles. The summed E-state index contributed by atoms with van der Waals surface area (Å²) >= 11 is 1.71. The van der Waals surface area contributed by atoms with Gasteiger partial charge in [0.1, 0.15) is 5.00 Å². The van der Waals surface area contributed by atoms with E-state index in [1.54, 1.807) is 11.3 Å². The average Bonchev–Trinajstić information content (AvgIpc) is 2.83. The number of nitrogens with zero attached hydrogens (tertiary/aromatic N) is 2. The van der Waals surface area contributed by atoms with E-state index in [1.165, 1.54) is 16.3 Å². The summed E-state index contributed by atoms with van der Waals surface area (Å²) in [7, 11) is 0. The Hall–Kier alpha value is -1.13. The van der Waals surface area contributed by atoms with Gasteiger partial charge in [-0.25, -0.2) is 4.68 Å². The van der Waals surface area contributed by atoms with Crippen LogP contribution in [0.2, 0.25) is 0 Å². The zero-order valence-corrected chi connectivity index (χ0v) is 8.71. The normalized spacial score (nSPS) is 19.9. The van der Waals surface area contributed by atoms with Gasteiger partial charge < -0.3 is 5.32 Å². The smallest absolute Gasteiger partial charge is 0.117 e. The van der Waals surface area contributed by atoms with Crippen molar-refractivity contribution in [3.63, 3.8) is 0 Å². The third-order valence-electron chi connectivity index (χ3n) is 2.60. The molecule has 0 bridgehead atoms. The second-order valence-electron chi connectivity index (χ2n) is 3.53. The van der Waals surface area contributed by atoms with E-state index in [4.69, 9.17) is 0 Å². The highest BCUT2D eigenvalue weighted by atomic mass is 32.1. The third-order valence-corrected chi connectivity index (χ3v) is 3.46. The number of fused-ring (bicyclic) bond motifs is 1. The van der Waals surface area contributed by atoms with Crippen molar-refractivity contribution in [1.29, 1.82) is 0 Å². The van der Waals surface area contributed by atoms with Crippen LogP contribution >= 0.6 is 11.3 Å². The SMILES string of the molecule is CC1NCc2nn(-c3cccs3)cc21. The summed E-state index contributed by atoms with van der Waals surface area (Å²) in [6.07, 6.45) is 2.13. The van der Waals surface area contributed by atoms with Crippen LogP contribution in [0, 0.1) is 0 Å². The minimum Gasteiger partial charge on any atom is -0.304 e. The van der Waals surface area contributed by atoms with Gasteiger partial charge in [0.15, 0.2) is 0 Å². The fraction of sp³-hybridized carbons (Fsp3) is 0.300. The number of thiophene rings is 1. The van der Waals surface area contributed by atoms with Gasteiger partial charge >= 0.3 is 0 Å². The molecule has 0 aromatic carbocycles. The first-order valence-electron chi connectivity index (χ1n) is 4.70. The van der Waals surface area contributed by atoms with Gasteiger partial charge in [-0.3, -0.25) is 0 Å². The molecule has 1 aliphatic rings. The number of rotatable bonds is 1. The van der Waals surface area contributed by atoms with Gasteiger partial charge in [-0.05, 0) is 24.4 Å². The summed E-state index contributed by atoms with van der Waals surface area (Å²) in [5.74, 6) is 0. The summed E-state index contributed by atoms with van der Waals surface area (Å²) in [4.78, 5) is 0. The number of hydrogen-bond donors (Lipinski definition) is 1. The number of aromatic nitrogens is 2. The lowest BCUT2D eigenvalue weighted by Crippen LogP contribution is -2.09. The second-order valence-corrected chi connectivity index (χ2v) is 4.46. The molecule has 3 rings (SSSR count). The molecule has 1 atom stereocenters.